The Morgan fingerprint density at radius 1 is 1.60 bits per heavy atom. The number of methoxy groups -OCH3 is 1. The van der Waals surface area contributed by atoms with Gasteiger partial charge in [-0.3, -0.25) is 4.79 Å². The molecule has 82 valence electrons. The Morgan fingerprint density at radius 2 is 2.47 bits per heavy atom. The van der Waals surface area contributed by atoms with Crippen LogP contribution >= 0.6 is 23.1 Å². The van der Waals surface area contributed by atoms with Crippen LogP contribution in [0.5, 0.6) is 5.19 Å². The molecule has 2 heterocycles. The second-order valence-corrected chi connectivity index (χ2v) is 5.55. The number of carbonyl (C=O) groups is 1. The number of ketones is 1. The van der Waals surface area contributed by atoms with Crippen LogP contribution in [0.1, 0.15) is 29.8 Å². The Bertz CT molecular complexity index is 345. The molecule has 0 radical (unpaired) electrons. The van der Waals surface area contributed by atoms with E-state index in [-0.39, 0.29) is 11.0 Å². The van der Waals surface area contributed by atoms with Crippen molar-refractivity contribution < 1.29 is 9.53 Å². The predicted octanol–water partition coefficient (Wildman–Crippen LogP) is 2.62. The van der Waals surface area contributed by atoms with E-state index in [0.717, 1.165) is 18.6 Å². The minimum Gasteiger partial charge on any atom is -0.473 e. The van der Waals surface area contributed by atoms with Gasteiger partial charge in [0.25, 0.3) is 5.19 Å². The van der Waals surface area contributed by atoms with Gasteiger partial charge in [-0.15, -0.1) is 0 Å². The summed E-state index contributed by atoms with van der Waals surface area (Å²) < 4.78 is 4.98. The summed E-state index contributed by atoms with van der Waals surface area (Å²) in [4.78, 5) is 16.1. The van der Waals surface area contributed by atoms with Crippen LogP contribution in [0.3, 0.4) is 0 Å². The van der Waals surface area contributed by atoms with E-state index >= 15 is 0 Å². The van der Waals surface area contributed by atoms with Crippen molar-refractivity contribution in [1.29, 1.82) is 0 Å². The fourth-order valence-electron chi connectivity index (χ4n) is 1.58. The molecule has 1 aliphatic rings. The molecule has 1 aromatic heterocycles. The summed E-state index contributed by atoms with van der Waals surface area (Å²) in [6, 6.07) is 0. The fourth-order valence-corrected chi connectivity index (χ4v) is 3.47. The van der Waals surface area contributed by atoms with Crippen LogP contribution in [0.15, 0.2) is 5.38 Å². The molecule has 0 aromatic carbocycles. The molecule has 15 heavy (non-hydrogen) atoms. The largest absolute Gasteiger partial charge is 0.473 e. The first-order valence-electron chi connectivity index (χ1n) is 4.96. The molecule has 1 aliphatic heterocycles. The topological polar surface area (TPSA) is 39.2 Å². The molecule has 0 N–H and O–H groups in total. The fraction of sp³-hybridized carbons (Fsp3) is 0.600. The van der Waals surface area contributed by atoms with Crippen molar-refractivity contribution in [3.8, 4) is 5.19 Å². The summed E-state index contributed by atoms with van der Waals surface area (Å²) in [5.41, 5.74) is 0.566. The molecule has 1 atom stereocenters. The highest BCUT2D eigenvalue weighted by atomic mass is 32.2. The number of ether oxygens (including phenoxy) is 1. The number of nitrogens with zero attached hydrogens (tertiary/aromatic N) is 1. The highest BCUT2D eigenvalue weighted by Gasteiger charge is 2.24. The van der Waals surface area contributed by atoms with Crippen molar-refractivity contribution in [3.63, 3.8) is 0 Å². The highest BCUT2D eigenvalue weighted by molar-refractivity contribution is 8.00. The smallest absolute Gasteiger partial charge is 0.273 e. The minimum absolute atomic E-state index is 0.116. The quantitative estimate of drug-likeness (QED) is 0.765. The molecular weight excluding hydrogens is 230 g/mol. The van der Waals surface area contributed by atoms with Crippen LogP contribution in [-0.2, 0) is 0 Å². The van der Waals surface area contributed by atoms with E-state index in [9.17, 15) is 4.79 Å². The van der Waals surface area contributed by atoms with Crippen molar-refractivity contribution in [2.45, 2.75) is 24.5 Å². The molecule has 5 heteroatoms. The van der Waals surface area contributed by atoms with E-state index in [4.69, 9.17) is 4.74 Å². The van der Waals surface area contributed by atoms with E-state index < -0.39 is 0 Å². The predicted molar refractivity (Wildman–Crippen MR) is 63.1 cm³/mol. The van der Waals surface area contributed by atoms with Crippen LogP contribution in [0, 0.1) is 0 Å². The zero-order valence-corrected chi connectivity index (χ0v) is 10.2. The average Bonchev–Trinajstić information content (AvgIpc) is 2.78. The minimum atomic E-state index is 0.116. The number of aromatic nitrogens is 1. The third kappa shape index (κ3) is 2.52. The van der Waals surface area contributed by atoms with Gasteiger partial charge in [0.05, 0.1) is 12.4 Å². The summed E-state index contributed by atoms with van der Waals surface area (Å²) in [6.45, 7) is 0. The number of rotatable bonds is 3. The first kappa shape index (κ1) is 11.0. The van der Waals surface area contributed by atoms with Gasteiger partial charge in [-0.1, -0.05) is 17.8 Å². The van der Waals surface area contributed by atoms with Gasteiger partial charge in [0.15, 0.2) is 5.78 Å². The SMILES string of the molecule is COc1nc(C(=O)C2CCCCS2)cs1. The second-order valence-electron chi connectivity index (χ2n) is 3.42. The summed E-state index contributed by atoms with van der Waals surface area (Å²) in [5, 5.41) is 2.47. The lowest BCUT2D eigenvalue weighted by atomic mass is 10.1. The first-order valence-corrected chi connectivity index (χ1v) is 6.89. The Labute approximate surface area is 97.2 Å². The maximum Gasteiger partial charge on any atom is 0.273 e. The Kier molecular flexibility index (Phi) is 3.64. The van der Waals surface area contributed by atoms with Gasteiger partial charge < -0.3 is 4.74 Å². The van der Waals surface area contributed by atoms with Gasteiger partial charge in [0.2, 0.25) is 0 Å². The van der Waals surface area contributed by atoms with Gasteiger partial charge in [-0.05, 0) is 18.6 Å². The van der Waals surface area contributed by atoms with Crippen molar-refractivity contribution >= 4 is 28.9 Å². The van der Waals surface area contributed by atoms with E-state index in [2.05, 4.69) is 4.98 Å². The van der Waals surface area contributed by atoms with Crippen LogP contribution in [0.25, 0.3) is 0 Å². The summed E-state index contributed by atoms with van der Waals surface area (Å²) in [5.74, 6) is 1.26. The monoisotopic (exact) mass is 243 g/mol. The Morgan fingerprint density at radius 3 is 3.07 bits per heavy atom. The molecule has 0 amide bonds. The van der Waals surface area contributed by atoms with Gasteiger partial charge in [0, 0.05) is 5.38 Å². The number of hydrogen-bond acceptors (Lipinski definition) is 5. The molecule has 1 fully saturated rings. The van der Waals surface area contributed by atoms with Gasteiger partial charge in [-0.2, -0.15) is 16.7 Å². The molecule has 0 bridgehead atoms. The third-order valence-electron chi connectivity index (χ3n) is 2.38. The van der Waals surface area contributed by atoms with E-state index in [1.54, 1.807) is 24.3 Å². The number of carbonyl (C=O) groups excluding carboxylic acids is 1. The zero-order chi connectivity index (χ0) is 10.7. The molecule has 1 unspecified atom stereocenters. The van der Waals surface area contributed by atoms with E-state index in [1.807, 2.05) is 0 Å². The molecule has 1 saturated heterocycles. The normalized spacial score (nSPS) is 21.3. The van der Waals surface area contributed by atoms with Crippen molar-refractivity contribution in [2.24, 2.45) is 0 Å². The lowest BCUT2D eigenvalue weighted by Gasteiger charge is -2.18. The maximum atomic E-state index is 12.0. The molecule has 0 spiro atoms. The van der Waals surface area contributed by atoms with Gasteiger partial charge in [0.1, 0.15) is 5.69 Å². The van der Waals surface area contributed by atoms with Crippen molar-refractivity contribution in [2.75, 3.05) is 12.9 Å². The zero-order valence-electron chi connectivity index (χ0n) is 8.56. The molecule has 3 nitrogen and oxygen atoms in total. The standard InChI is InChI=1S/C10H13NO2S2/c1-13-10-11-7(6-15-10)9(12)8-4-2-3-5-14-8/h6,8H,2-5H2,1H3. The van der Waals surface area contributed by atoms with Gasteiger partial charge >= 0.3 is 0 Å². The number of thioether (sulfide) groups is 1. The number of hydrogen-bond donors (Lipinski definition) is 0. The van der Waals surface area contributed by atoms with Crippen molar-refractivity contribution in [3.05, 3.63) is 11.1 Å². The first-order chi connectivity index (χ1) is 7.31. The second kappa shape index (κ2) is 4.99. The lowest BCUT2D eigenvalue weighted by molar-refractivity contribution is 0.0980. The molecule has 0 aliphatic carbocycles. The van der Waals surface area contributed by atoms with Gasteiger partial charge in [-0.25, -0.2) is 0 Å². The molecular formula is C10H13NO2S2. The Balaban J connectivity index is 2.05. The number of Topliss-reactive ketones (excluding diaryl/α,β-unsaturated/α-hetero) is 1. The van der Waals surface area contributed by atoms with Crippen LogP contribution in [0.4, 0.5) is 0 Å². The molecule has 1 aromatic rings. The van der Waals surface area contributed by atoms with E-state index in [1.165, 1.54) is 17.8 Å². The summed E-state index contributed by atoms with van der Waals surface area (Å²) in [6.07, 6.45) is 3.38. The van der Waals surface area contributed by atoms with Crippen molar-refractivity contribution in [1.82, 2.24) is 4.98 Å². The summed E-state index contributed by atoms with van der Waals surface area (Å²) in [7, 11) is 1.57. The maximum absolute atomic E-state index is 12.0. The van der Waals surface area contributed by atoms with Crippen LogP contribution in [-0.4, -0.2) is 28.9 Å². The van der Waals surface area contributed by atoms with E-state index in [0.29, 0.717) is 10.9 Å². The number of thiazole rings is 1. The third-order valence-corrected chi connectivity index (χ3v) is 4.56. The lowest BCUT2D eigenvalue weighted by Crippen LogP contribution is -2.21. The van der Waals surface area contributed by atoms with Crippen LogP contribution < -0.4 is 4.74 Å². The molecule has 0 saturated carbocycles. The average molecular weight is 243 g/mol. The summed E-state index contributed by atoms with van der Waals surface area (Å²) >= 11 is 3.14. The highest BCUT2D eigenvalue weighted by Crippen LogP contribution is 2.29. The van der Waals surface area contributed by atoms with Crippen LogP contribution in [0.2, 0.25) is 0 Å². The Hall–Kier alpha value is -0.550. The molecule has 2 rings (SSSR count).